The summed E-state index contributed by atoms with van der Waals surface area (Å²) in [6.45, 7) is 5.45. The lowest BCUT2D eigenvalue weighted by Gasteiger charge is -2.26. The van der Waals surface area contributed by atoms with Crippen molar-refractivity contribution in [3.8, 4) is 17.2 Å². The molecule has 0 spiro atoms. The van der Waals surface area contributed by atoms with Gasteiger partial charge in [0.1, 0.15) is 0 Å². The number of rotatable bonds is 8. The zero-order valence-corrected chi connectivity index (χ0v) is 13.2. The molecule has 0 aromatic heterocycles. The van der Waals surface area contributed by atoms with E-state index in [1.54, 1.807) is 28.4 Å². The van der Waals surface area contributed by atoms with E-state index in [-0.39, 0.29) is 5.54 Å². The zero-order valence-electron chi connectivity index (χ0n) is 13.2. The normalized spacial score (nSPS) is 11.3. The molecule has 1 aromatic carbocycles. The molecule has 0 saturated carbocycles. The first-order valence-electron chi connectivity index (χ1n) is 6.51. The molecule has 1 aromatic rings. The predicted molar refractivity (Wildman–Crippen MR) is 78.9 cm³/mol. The van der Waals surface area contributed by atoms with Gasteiger partial charge in [-0.25, -0.2) is 0 Å². The van der Waals surface area contributed by atoms with Crippen LogP contribution >= 0.6 is 0 Å². The summed E-state index contributed by atoms with van der Waals surface area (Å²) >= 11 is 0. The van der Waals surface area contributed by atoms with Crippen molar-refractivity contribution < 1.29 is 18.9 Å². The van der Waals surface area contributed by atoms with Crippen molar-refractivity contribution in [3.63, 3.8) is 0 Å². The van der Waals surface area contributed by atoms with Crippen molar-refractivity contribution >= 4 is 0 Å². The van der Waals surface area contributed by atoms with Crippen molar-refractivity contribution in [2.45, 2.75) is 25.9 Å². The van der Waals surface area contributed by atoms with Gasteiger partial charge < -0.3 is 24.3 Å². The van der Waals surface area contributed by atoms with Crippen LogP contribution in [-0.4, -0.2) is 40.6 Å². The highest BCUT2D eigenvalue weighted by Gasteiger charge is 2.20. The van der Waals surface area contributed by atoms with Crippen molar-refractivity contribution in [1.82, 2.24) is 5.32 Å². The van der Waals surface area contributed by atoms with Crippen molar-refractivity contribution in [3.05, 3.63) is 17.7 Å². The monoisotopic (exact) mass is 283 g/mol. The second kappa shape index (κ2) is 7.36. The van der Waals surface area contributed by atoms with Gasteiger partial charge in [-0.3, -0.25) is 0 Å². The second-order valence-electron chi connectivity index (χ2n) is 5.16. The van der Waals surface area contributed by atoms with Crippen LogP contribution in [0, 0.1) is 0 Å². The minimum absolute atomic E-state index is 0.118. The molecule has 0 unspecified atom stereocenters. The van der Waals surface area contributed by atoms with E-state index in [2.05, 4.69) is 19.2 Å². The number of benzene rings is 1. The fourth-order valence-electron chi connectivity index (χ4n) is 2.05. The van der Waals surface area contributed by atoms with E-state index < -0.39 is 0 Å². The highest BCUT2D eigenvalue weighted by atomic mass is 16.5. The summed E-state index contributed by atoms with van der Waals surface area (Å²) in [6.07, 6.45) is 0. The lowest BCUT2D eigenvalue weighted by molar-refractivity contribution is 0.127. The van der Waals surface area contributed by atoms with E-state index in [0.717, 1.165) is 5.56 Å². The third-order valence-electron chi connectivity index (χ3n) is 3.05. The van der Waals surface area contributed by atoms with E-state index in [1.807, 2.05) is 12.1 Å². The Bertz CT molecular complexity index is 432. The minimum Gasteiger partial charge on any atom is -0.493 e. The van der Waals surface area contributed by atoms with Crippen LogP contribution in [0.1, 0.15) is 19.4 Å². The quantitative estimate of drug-likeness (QED) is 0.793. The maximum atomic E-state index is 5.46. The lowest BCUT2D eigenvalue weighted by atomic mass is 10.1. The van der Waals surface area contributed by atoms with E-state index in [9.17, 15) is 0 Å². The van der Waals surface area contributed by atoms with Gasteiger partial charge in [0, 0.05) is 24.8 Å². The second-order valence-corrected chi connectivity index (χ2v) is 5.16. The average molecular weight is 283 g/mol. The van der Waals surface area contributed by atoms with Crippen LogP contribution in [0.4, 0.5) is 0 Å². The lowest BCUT2D eigenvalue weighted by Crippen LogP contribution is -2.42. The molecule has 0 heterocycles. The fraction of sp³-hybridized carbons (Fsp3) is 0.600. The Balaban J connectivity index is 2.95. The molecule has 20 heavy (non-hydrogen) atoms. The standard InChI is InChI=1S/C15H25NO4/c1-15(2,10-17-3)16-9-11-7-8-12(18-4)14(20-6)13(11)19-5/h7-8,16H,9-10H2,1-6H3. The Morgan fingerprint density at radius 1 is 0.950 bits per heavy atom. The van der Waals surface area contributed by atoms with Gasteiger partial charge in [-0.1, -0.05) is 6.07 Å². The molecule has 0 amide bonds. The van der Waals surface area contributed by atoms with Crippen molar-refractivity contribution in [2.24, 2.45) is 0 Å². The Morgan fingerprint density at radius 3 is 2.10 bits per heavy atom. The van der Waals surface area contributed by atoms with Crippen LogP contribution in [0.3, 0.4) is 0 Å². The van der Waals surface area contributed by atoms with Crippen LogP contribution < -0.4 is 19.5 Å². The van der Waals surface area contributed by atoms with Gasteiger partial charge in [-0.05, 0) is 19.9 Å². The highest BCUT2D eigenvalue weighted by Crippen LogP contribution is 2.39. The molecule has 114 valence electrons. The van der Waals surface area contributed by atoms with E-state index in [4.69, 9.17) is 18.9 Å². The summed E-state index contributed by atoms with van der Waals surface area (Å²) in [7, 11) is 6.53. The maximum absolute atomic E-state index is 5.46. The molecule has 0 bridgehead atoms. The highest BCUT2D eigenvalue weighted by molar-refractivity contribution is 5.55. The Kier molecular flexibility index (Phi) is 6.10. The number of hydrogen-bond acceptors (Lipinski definition) is 5. The maximum Gasteiger partial charge on any atom is 0.203 e. The van der Waals surface area contributed by atoms with E-state index in [0.29, 0.717) is 30.4 Å². The summed E-state index contributed by atoms with van der Waals surface area (Å²) in [6, 6.07) is 3.84. The van der Waals surface area contributed by atoms with Crippen LogP contribution in [0.25, 0.3) is 0 Å². The average Bonchev–Trinajstić information content (AvgIpc) is 2.43. The van der Waals surface area contributed by atoms with Crippen LogP contribution in [0.5, 0.6) is 17.2 Å². The van der Waals surface area contributed by atoms with Gasteiger partial charge in [0.2, 0.25) is 5.75 Å². The topological polar surface area (TPSA) is 49.0 Å². The third kappa shape index (κ3) is 4.02. The first-order valence-corrected chi connectivity index (χ1v) is 6.51. The summed E-state index contributed by atoms with van der Waals surface area (Å²) < 4.78 is 21.3. The molecule has 0 aliphatic carbocycles. The number of ether oxygens (including phenoxy) is 4. The molecule has 5 nitrogen and oxygen atoms in total. The molecular weight excluding hydrogens is 258 g/mol. The number of nitrogens with one attached hydrogen (secondary N) is 1. The third-order valence-corrected chi connectivity index (χ3v) is 3.05. The van der Waals surface area contributed by atoms with Gasteiger partial charge in [0.15, 0.2) is 11.5 Å². The predicted octanol–water partition coefficient (Wildman–Crippen LogP) is 2.23. The largest absolute Gasteiger partial charge is 0.493 e. The molecular formula is C15H25NO4. The van der Waals surface area contributed by atoms with Crippen LogP contribution in [-0.2, 0) is 11.3 Å². The molecule has 5 heteroatoms. The molecule has 1 N–H and O–H groups in total. The molecule has 0 saturated heterocycles. The van der Waals surface area contributed by atoms with E-state index >= 15 is 0 Å². The summed E-state index contributed by atoms with van der Waals surface area (Å²) in [5.74, 6) is 1.95. The zero-order chi connectivity index (χ0) is 15.2. The van der Waals surface area contributed by atoms with Gasteiger partial charge in [0.05, 0.1) is 27.9 Å². The minimum atomic E-state index is -0.118. The van der Waals surface area contributed by atoms with Crippen LogP contribution in [0.2, 0.25) is 0 Å². The molecule has 0 fully saturated rings. The molecule has 0 aliphatic rings. The molecule has 0 aliphatic heterocycles. The summed E-state index contributed by atoms with van der Waals surface area (Å²) in [4.78, 5) is 0. The summed E-state index contributed by atoms with van der Waals surface area (Å²) in [5.41, 5.74) is 0.891. The van der Waals surface area contributed by atoms with Crippen molar-refractivity contribution in [2.75, 3.05) is 35.0 Å². The first-order chi connectivity index (χ1) is 9.49. The Morgan fingerprint density at radius 2 is 1.60 bits per heavy atom. The van der Waals surface area contributed by atoms with Gasteiger partial charge in [-0.15, -0.1) is 0 Å². The van der Waals surface area contributed by atoms with E-state index in [1.165, 1.54) is 0 Å². The van der Waals surface area contributed by atoms with Crippen LogP contribution in [0.15, 0.2) is 12.1 Å². The molecule has 0 atom stereocenters. The molecule has 1 rings (SSSR count). The van der Waals surface area contributed by atoms with Gasteiger partial charge >= 0.3 is 0 Å². The smallest absolute Gasteiger partial charge is 0.203 e. The van der Waals surface area contributed by atoms with Gasteiger partial charge in [0.25, 0.3) is 0 Å². The first kappa shape index (κ1) is 16.6. The fourth-order valence-corrected chi connectivity index (χ4v) is 2.05. The summed E-state index contributed by atoms with van der Waals surface area (Å²) in [5, 5.41) is 3.44. The SMILES string of the molecule is COCC(C)(C)NCc1ccc(OC)c(OC)c1OC. The Labute approximate surface area is 121 Å². The van der Waals surface area contributed by atoms with Gasteiger partial charge in [-0.2, -0.15) is 0 Å². The number of methoxy groups -OCH3 is 4. The number of hydrogen-bond donors (Lipinski definition) is 1. The Hall–Kier alpha value is -1.46. The van der Waals surface area contributed by atoms with Crippen molar-refractivity contribution in [1.29, 1.82) is 0 Å². The molecule has 0 radical (unpaired) electrons.